The van der Waals surface area contributed by atoms with Crippen molar-refractivity contribution >= 4 is 29.9 Å². The van der Waals surface area contributed by atoms with Crippen LogP contribution in [0.15, 0.2) is 60.7 Å². The average molecular weight is 361 g/mol. The zero-order chi connectivity index (χ0) is 18.5. The van der Waals surface area contributed by atoms with Crippen molar-refractivity contribution in [3.8, 4) is 0 Å². The molecule has 4 rings (SSSR count). The molecule has 0 N–H and O–H groups in total. The highest BCUT2D eigenvalue weighted by Crippen LogP contribution is 2.42. The number of allylic oxidation sites excluding steroid dienone is 1. The van der Waals surface area contributed by atoms with Gasteiger partial charge in [-0.25, -0.2) is 0 Å². The van der Waals surface area contributed by atoms with E-state index in [1.165, 1.54) is 32.7 Å². The minimum atomic E-state index is -1.82. The number of hydrogen-bond donors (Lipinski definition) is 0. The molecule has 3 aromatic carbocycles. The third-order valence-electron chi connectivity index (χ3n) is 6.15. The lowest BCUT2D eigenvalue weighted by Crippen LogP contribution is -2.41. The maximum Gasteiger partial charge on any atom is 0.193 e. The Balaban J connectivity index is 1.81. The van der Waals surface area contributed by atoms with Crippen molar-refractivity contribution in [1.29, 1.82) is 0 Å². The van der Waals surface area contributed by atoms with Crippen LogP contribution >= 0.6 is 0 Å². The first-order chi connectivity index (χ1) is 12.2. The molecule has 1 aliphatic rings. The van der Waals surface area contributed by atoms with E-state index >= 15 is 0 Å². The van der Waals surface area contributed by atoms with E-state index in [4.69, 9.17) is 4.43 Å². The summed E-state index contributed by atoms with van der Waals surface area (Å²) in [5.74, 6) is 0. The van der Waals surface area contributed by atoms with Crippen LogP contribution < -0.4 is 0 Å². The SMILES string of the molecule is CC(C)(C)[Si](C)(C)OC1C=CCc2cc3cc4ccccc4cc3cc21. The van der Waals surface area contributed by atoms with Crippen molar-refractivity contribution in [2.24, 2.45) is 0 Å². The van der Waals surface area contributed by atoms with Gasteiger partial charge in [-0.05, 0) is 75.4 Å². The second kappa shape index (κ2) is 6.07. The second-order valence-corrected chi connectivity index (χ2v) is 13.8. The Morgan fingerprint density at radius 2 is 1.50 bits per heavy atom. The topological polar surface area (TPSA) is 9.23 Å². The van der Waals surface area contributed by atoms with Gasteiger partial charge in [-0.15, -0.1) is 0 Å². The molecule has 0 spiro atoms. The van der Waals surface area contributed by atoms with Crippen molar-refractivity contribution in [3.05, 3.63) is 71.8 Å². The standard InChI is InChI=1S/C24H28OSi/c1-24(2,3)26(4,5)25-23-12-8-11-19-15-20-13-17-9-6-7-10-18(17)14-21(20)16-22(19)23/h6-10,12-16,23H,11H2,1-5H3. The van der Waals surface area contributed by atoms with Gasteiger partial charge in [0.25, 0.3) is 0 Å². The van der Waals surface area contributed by atoms with Crippen LogP contribution in [0.2, 0.25) is 18.1 Å². The summed E-state index contributed by atoms with van der Waals surface area (Å²) in [6.07, 6.45) is 5.61. The smallest absolute Gasteiger partial charge is 0.193 e. The van der Waals surface area contributed by atoms with Crippen LogP contribution in [0.5, 0.6) is 0 Å². The van der Waals surface area contributed by atoms with Crippen LogP contribution in [0.4, 0.5) is 0 Å². The fourth-order valence-corrected chi connectivity index (χ4v) is 4.71. The van der Waals surface area contributed by atoms with Gasteiger partial charge >= 0.3 is 0 Å². The van der Waals surface area contributed by atoms with Gasteiger partial charge in [0.2, 0.25) is 0 Å². The van der Waals surface area contributed by atoms with Crippen LogP contribution in [0.3, 0.4) is 0 Å². The van der Waals surface area contributed by atoms with Crippen LogP contribution in [0, 0.1) is 0 Å². The normalized spacial score (nSPS) is 17.7. The highest BCUT2D eigenvalue weighted by molar-refractivity contribution is 6.74. The molecule has 0 aromatic heterocycles. The molecular weight excluding hydrogens is 332 g/mol. The Bertz CT molecular complexity index is 1010. The van der Waals surface area contributed by atoms with Crippen molar-refractivity contribution in [2.75, 3.05) is 0 Å². The Hall–Kier alpha value is -1.90. The molecule has 2 heteroatoms. The number of hydrogen-bond acceptors (Lipinski definition) is 1. The van der Waals surface area contributed by atoms with Crippen LogP contribution in [0.1, 0.15) is 38.0 Å². The monoisotopic (exact) mass is 360 g/mol. The number of rotatable bonds is 2. The molecule has 26 heavy (non-hydrogen) atoms. The molecule has 0 heterocycles. The third kappa shape index (κ3) is 3.02. The zero-order valence-corrected chi connectivity index (χ0v) is 17.5. The fourth-order valence-electron chi connectivity index (χ4n) is 3.52. The Morgan fingerprint density at radius 3 is 2.12 bits per heavy atom. The first kappa shape index (κ1) is 17.5. The van der Waals surface area contributed by atoms with Gasteiger partial charge in [-0.1, -0.05) is 63.3 Å². The summed E-state index contributed by atoms with van der Waals surface area (Å²) < 4.78 is 6.76. The second-order valence-electron chi connectivity index (χ2n) is 9.03. The Labute approximate surface area is 157 Å². The molecule has 1 atom stereocenters. The lowest BCUT2D eigenvalue weighted by atomic mass is 9.90. The Kier molecular flexibility index (Phi) is 4.09. The fraction of sp³-hybridized carbons (Fsp3) is 0.333. The molecule has 0 radical (unpaired) electrons. The summed E-state index contributed by atoms with van der Waals surface area (Å²) in [5.41, 5.74) is 2.75. The first-order valence-corrected chi connectivity index (χ1v) is 12.5. The maximum atomic E-state index is 6.76. The van der Waals surface area contributed by atoms with E-state index < -0.39 is 8.32 Å². The summed E-state index contributed by atoms with van der Waals surface area (Å²) in [7, 11) is -1.82. The molecule has 0 saturated heterocycles. The summed E-state index contributed by atoms with van der Waals surface area (Å²) in [4.78, 5) is 0. The van der Waals surface area contributed by atoms with Gasteiger partial charge in [-0.2, -0.15) is 0 Å². The molecule has 0 saturated carbocycles. The van der Waals surface area contributed by atoms with E-state index in [2.05, 4.69) is 94.5 Å². The van der Waals surface area contributed by atoms with Gasteiger partial charge in [0.15, 0.2) is 8.32 Å². The lowest BCUT2D eigenvalue weighted by molar-refractivity contribution is 0.227. The van der Waals surface area contributed by atoms with E-state index in [1.807, 2.05) is 0 Å². The van der Waals surface area contributed by atoms with E-state index in [-0.39, 0.29) is 11.1 Å². The van der Waals surface area contributed by atoms with Crippen LogP contribution in [0.25, 0.3) is 21.5 Å². The van der Waals surface area contributed by atoms with Gasteiger partial charge in [0.1, 0.15) is 0 Å². The molecule has 134 valence electrons. The molecule has 0 amide bonds. The highest BCUT2D eigenvalue weighted by atomic mass is 28.4. The van der Waals surface area contributed by atoms with Crippen LogP contribution in [-0.4, -0.2) is 8.32 Å². The van der Waals surface area contributed by atoms with Gasteiger partial charge in [0.05, 0.1) is 6.10 Å². The maximum absolute atomic E-state index is 6.76. The molecular formula is C24H28OSi. The van der Waals surface area contributed by atoms with Crippen molar-refractivity contribution in [3.63, 3.8) is 0 Å². The average Bonchev–Trinajstić information content (AvgIpc) is 2.57. The summed E-state index contributed by atoms with van der Waals surface area (Å²) in [6.45, 7) is 11.6. The predicted octanol–water partition coefficient (Wildman–Crippen LogP) is 7.17. The molecule has 3 aromatic rings. The predicted molar refractivity (Wildman–Crippen MR) is 115 cm³/mol. The molecule has 1 unspecified atom stereocenters. The van der Waals surface area contributed by atoms with Crippen molar-refractivity contribution in [2.45, 2.75) is 51.4 Å². The van der Waals surface area contributed by atoms with Gasteiger partial charge in [-0.3, -0.25) is 0 Å². The summed E-state index contributed by atoms with van der Waals surface area (Å²) >= 11 is 0. The van der Waals surface area contributed by atoms with E-state index in [0.29, 0.717) is 0 Å². The van der Waals surface area contributed by atoms with Crippen molar-refractivity contribution < 1.29 is 4.43 Å². The molecule has 0 aliphatic heterocycles. The lowest BCUT2D eigenvalue weighted by Gasteiger charge is -2.39. The molecule has 1 aliphatic carbocycles. The number of fused-ring (bicyclic) bond motifs is 3. The van der Waals surface area contributed by atoms with E-state index in [9.17, 15) is 0 Å². The largest absolute Gasteiger partial charge is 0.407 e. The molecule has 1 nitrogen and oxygen atoms in total. The van der Waals surface area contributed by atoms with E-state index in [1.54, 1.807) is 0 Å². The minimum absolute atomic E-state index is 0.0792. The molecule has 0 fully saturated rings. The third-order valence-corrected chi connectivity index (χ3v) is 10.6. The number of benzene rings is 3. The Morgan fingerprint density at radius 1 is 0.885 bits per heavy atom. The first-order valence-electron chi connectivity index (χ1n) is 9.54. The molecule has 0 bridgehead atoms. The minimum Gasteiger partial charge on any atom is -0.407 e. The zero-order valence-electron chi connectivity index (χ0n) is 16.5. The van der Waals surface area contributed by atoms with Crippen molar-refractivity contribution in [1.82, 2.24) is 0 Å². The summed E-state index contributed by atoms with van der Waals surface area (Å²) in [6, 6.07) is 18.0. The van der Waals surface area contributed by atoms with Gasteiger partial charge in [0, 0.05) is 0 Å². The quantitative estimate of drug-likeness (QED) is 0.267. The van der Waals surface area contributed by atoms with E-state index in [0.717, 1.165) is 6.42 Å². The highest BCUT2D eigenvalue weighted by Gasteiger charge is 2.39. The van der Waals surface area contributed by atoms with Crippen LogP contribution in [-0.2, 0) is 10.8 Å². The van der Waals surface area contributed by atoms with Gasteiger partial charge < -0.3 is 4.43 Å². The summed E-state index contributed by atoms with van der Waals surface area (Å²) in [5, 5.41) is 5.45.